The van der Waals surface area contributed by atoms with Crippen LogP contribution in [0.4, 0.5) is 0 Å². The molecule has 35 heavy (non-hydrogen) atoms. The van der Waals surface area contributed by atoms with E-state index in [4.69, 9.17) is 4.52 Å². The molecular weight excluding hydrogens is 446 g/mol. The van der Waals surface area contributed by atoms with Gasteiger partial charge in [0.25, 0.3) is 0 Å². The first-order chi connectivity index (χ1) is 16.7. The number of nitrogens with zero attached hydrogens (tertiary/aromatic N) is 4. The van der Waals surface area contributed by atoms with E-state index in [0.717, 1.165) is 27.9 Å². The fourth-order valence-corrected chi connectivity index (χ4v) is 4.68. The lowest BCUT2D eigenvalue weighted by Crippen LogP contribution is -2.49. The summed E-state index contributed by atoms with van der Waals surface area (Å²) in [6.07, 6.45) is 4.61. The Morgan fingerprint density at radius 3 is 2.46 bits per heavy atom. The predicted octanol–water partition coefficient (Wildman–Crippen LogP) is 3.19. The van der Waals surface area contributed by atoms with E-state index in [0.29, 0.717) is 0 Å². The summed E-state index contributed by atoms with van der Waals surface area (Å²) in [6, 6.07) is 6.27. The van der Waals surface area contributed by atoms with Crippen LogP contribution in [-0.4, -0.2) is 55.4 Å². The van der Waals surface area contributed by atoms with Gasteiger partial charge in [0, 0.05) is 24.7 Å². The number of hydrogen-bond acceptors (Lipinski definition) is 6. The van der Waals surface area contributed by atoms with Crippen molar-refractivity contribution in [2.75, 3.05) is 6.54 Å². The van der Waals surface area contributed by atoms with Gasteiger partial charge in [0.05, 0.1) is 24.0 Å². The van der Waals surface area contributed by atoms with Crippen molar-refractivity contribution in [1.29, 1.82) is 0 Å². The maximum Gasteiger partial charge on any atom is 0.248 e. The first-order valence-electron chi connectivity index (χ1n) is 12.0. The third kappa shape index (κ3) is 5.14. The Balaban J connectivity index is 1.47. The molecule has 0 radical (unpaired) electrons. The van der Waals surface area contributed by atoms with Crippen molar-refractivity contribution in [2.45, 2.75) is 65.3 Å². The lowest BCUT2D eigenvalue weighted by Gasteiger charge is -2.30. The van der Waals surface area contributed by atoms with Crippen LogP contribution >= 0.6 is 0 Å². The molecule has 1 saturated heterocycles. The summed E-state index contributed by atoms with van der Waals surface area (Å²) in [7, 11) is 0. The summed E-state index contributed by atoms with van der Waals surface area (Å²) in [5, 5.41) is 21.6. The highest BCUT2D eigenvalue weighted by Gasteiger charge is 2.42. The Bertz CT molecular complexity index is 1180. The van der Waals surface area contributed by atoms with Gasteiger partial charge in [0.1, 0.15) is 18.3 Å². The van der Waals surface area contributed by atoms with E-state index in [1.54, 1.807) is 17.1 Å². The molecule has 0 unspecified atom stereocenters. The van der Waals surface area contributed by atoms with Crippen LogP contribution in [-0.2, 0) is 9.59 Å². The predicted molar refractivity (Wildman–Crippen MR) is 130 cm³/mol. The lowest BCUT2D eigenvalue weighted by atomic mass is 10.0. The number of rotatable bonds is 7. The van der Waals surface area contributed by atoms with Crippen molar-refractivity contribution >= 4 is 11.8 Å². The van der Waals surface area contributed by atoms with Gasteiger partial charge in [-0.3, -0.25) is 14.3 Å². The second kappa shape index (κ2) is 10.0. The molecule has 4 atom stereocenters. The van der Waals surface area contributed by atoms with Crippen molar-refractivity contribution < 1.29 is 19.2 Å². The highest BCUT2D eigenvalue weighted by atomic mass is 16.5. The third-order valence-corrected chi connectivity index (χ3v) is 6.60. The van der Waals surface area contributed by atoms with Gasteiger partial charge in [0.2, 0.25) is 11.8 Å². The molecule has 2 aromatic heterocycles. The Hall–Kier alpha value is -3.46. The summed E-state index contributed by atoms with van der Waals surface area (Å²) in [4.78, 5) is 28.3. The van der Waals surface area contributed by atoms with Crippen LogP contribution in [0.2, 0.25) is 0 Å². The molecule has 0 spiro atoms. The van der Waals surface area contributed by atoms with Gasteiger partial charge in [-0.2, -0.15) is 5.10 Å². The number of aromatic nitrogens is 3. The van der Waals surface area contributed by atoms with E-state index in [1.807, 2.05) is 65.1 Å². The van der Waals surface area contributed by atoms with E-state index in [2.05, 4.69) is 15.6 Å². The van der Waals surface area contributed by atoms with E-state index in [1.165, 1.54) is 4.90 Å². The first kappa shape index (κ1) is 24.7. The van der Waals surface area contributed by atoms with Crippen LogP contribution < -0.4 is 5.32 Å². The maximum absolute atomic E-state index is 13.6. The fraction of sp³-hybridized carbons (Fsp3) is 0.462. The molecule has 4 rings (SSSR count). The van der Waals surface area contributed by atoms with Gasteiger partial charge >= 0.3 is 0 Å². The Morgan fingerprint density at radius 2 is 1.89 bits per heavy atom. The number of carbonyl (C=O) groups is 2. The van der Waals surface area contributed by atoms with E-state index in [9.17, 15) is 14.7 Å². The average Bonchev–Trinajstić information content (AvgIpc) is 3.53. The van der Waals surface area contributed by atoms with Crippen LogP contribution in [0.15, 0.2) is 47.4 Å². The molecule has 186 valence electrons. The number of amides is 2. The van der Waals surface area contributed by atoms with Gasteiger partial charge in [-0.05, 0) is 43.4 Å². The van der Waals surface area contributed by atoms with Crippen LogP contribution in [0, 0.1) is 19.8 Å². The summed E-state index contributed by atoms with van der Waals surface area (Å²) in [5.41, 5.74) is 4.61. The number of benzene rings is 1. The van der Waals surface area contributed by atoms with Crippen LogP contribution in [0.3, 0.4) is 0 Å². The molecular formula is C26H33N5O4. The smallest absolute Gasteiger partial charge is 0.248 e. The zero-order valence-corrected chi connectivity index (χ0v) is 20.8. The van der Waals surface area contributed by atoms with E-state index in [-0.39, 0.29) is 36.7 Å². The lowest BCUT2D eigenvalue weighted by molar-refractivity contribution is -0.142. The van der Waals surface area contributed by atoms with Crippen molar-refractivity contribution in [3.05, 3.63) is 59.7 Å². The fourth-order valence-electron chi connectivity index (χ4n) is 4.68. The summed E-state index contributed by atoms with van der Waals surface area (Å²) in [5.74, 6) is -0.517. The third-order valence-electron chi connectivity index (χ3n) is 6.60. The van der Waals surface area contributed by atoms with Gasteiger partial charge in [-0.25, -0.2) is 0 Å². The van der Waals surface area contributed by atoms with Crippen molar-refractivity contribution in [3.8, 4) is 11.1 Å². The number of likely N-dealkylation sites (tertiary alicyclic amines) is 1. The number of aliphatic hydroxyl groups is 1. The molecule has 3 aromatic rings. The largest absolute Gasteiger partial charge is 0.391 e. The SMILES string of the molecule is Cc1cnn([C@H](C(=O)N2C[C@H](O)C[C@H]2C(=O)N[C@@H](C)c2ccc(-c3conc3C)cc2)C(C)C)c1. The molecule has 1 aliphatic rings. The Kier molecular flexibility index (Phi) is 7.07. The summed E-state index contributed by atoms with van der Waals surface area (Å²) >= 11 is 0. The average molecular weight is 480 g/mol. The minimum Gasteiger partial charge on any atom is -0.391 e. The van der Waals surface area contributed by atoms with Crippen molar-refractivity contribution in [2.24, 2.45) is 5.92 Å². The molecule has 0 saturated carbocycles. The molecule has 9 heteroatoms. The topological polar surface area (TPSA) is 113 Å². The normalized spacial score (nSPS) is 19.7. The second-order valence-corrected chi connectivity index (χ2v) is 9.75. The van der Waals surface area contributed by atoms with Crippen molar-refractivity contribution in [1.82, 2.24) is 25.2 Å². The summed E-state index contributed by atoms with van der Waals surface area (Å²) < 4.78 is 6.68. The van der Waals surface area contributed by atoms with Gasteiger partial charge in [0.15, 0.2) is 0 Å². The number of hydrogen-bond donors (Lipinski definition) is 2. The molecule has 9 nitrogen and oxygen atoms in total. The Morgan fingerprint density at radius 1 is 1.17 bits per heavy atom. The molecule has 1 fully saturated rings. The Labute approximate surface area is 205 Å². The zero-order valence-electron chi connectivity index (χ0n) is 20.8. The van der Waals surface area contributed by atoms with Crippen LogP contribution in [0.1, 0.15) is 56.1 Å². The molecule has 1 aromatic carbocycles. The number of nitrogens with one attached hydrogen (secondary N) is 1. The molecule has 3 heterocycles. The zero-order chi connectivity index (χ0) is 25.3. The summed E-state index contributed by atoms with van der Waals surface area (Å²) in [6.45, 7) is 9.74. The van der Waals surface area contributed by atoms with E-state index >= 15 is 0 Å². The highest BCUT2D eigenvalue weighted by Crippen LogP contribution is 2.28. The van der Waals surface area contributed by atoms with Crippen LogP contribution in [0.25, 0.3) is 11.1 Å². The molecule has 0 bridgehead atoms. The standard InChI is InChI=1S/C26H33N5O4/c1-15(2)24(31-12-16(3)11-27-31)26(34)30-13-21(32)10-23(30)25(33)28-17(4)19-6-8-20(9-7-19)22-14-35-29-18(22)5/h6-9,11-12,14-15,17,21,23-24,32H,10,13H2,1-5H3,(H,28,33)/t17-,21+,23-,24-/m0/s1. The number of carbonyl (C=O) groups excluding carboxylic acids is 2. The number of β-amino-alcohol motifs (C(OH)–C–C–N with tert-alkyl or cyclic N) is 1. The second-order valence-electron chi connectivity index (χ2n) is 9.75. The quantitative estimate of drug-likeness (QED) is 0.538. The minimum atomic E-state index is -0.747. The van der Waals surface area contributed by atoms with Gasteiger partial charge in [-0.1, -0.05) is 43.3 Å². The molecule has 2 amide bonds. The van der Waals surface area contributed by atoms with Gasteiger partial charge < -0.3 is 19.8 Å². The minimum absolute atomic E-state index is 0.0326. The number of aliphatic hydroxyl groups excluding tert-OH is 1. The highest BCUT2D eigenvalue weighted by molar-refractivity contribution is 5.90. The molecule has 0 aliphatic carbocycles. The van der Waals surface area contributed by atoms with Crippen LogP contribution in [0.5, 0.6) is 0 Å². The molecule has 1 aliphatic heterocycles. The number of aryl methyl sites for hydroxylation is 2. The molecule has 2 N–H and O–H groups in total. The van der Waals surface area contributed by atoms with E-state index < -0.39 is 18.2 Å². The first-order valence-corrected chi connectivity index (χ1v) is 12.0. The maximum atomic E-state index is 13.6. The van der Waals surface area contributed by atoms with Gasteiger partial charge in [-0.15, -0.1) is 0 Å². The monoisotopic (exact) mass is 479 g/mol. The van der Waals surface area contributed by atoms with Crippen molar-refractivity contribution in [3.63, 3.8) is 0 Å².